The van der Waals surface area contributed by atoms with Gasteiger partial charge in [-0.1, -0.05) is 12.1 Å². The lowest BCUT2D eigenvalue weighted by molar-refractivity contribution is -0.385. The van der Waals surface area contributed by atoms with Crippen LogP contribution in [0.3, 0.4) is 0 Å². The van der Waals surface area contributed by atoms with Gasteiger partial charge in [0.25, 0.3) is 5.69 Å². The first-order valence-corrected chi connectivity index (χ1v) is 4.40. The Morgan fingerprint density at radius 1 is 1.43 bits per heavy atom. The Morgan fingerprint density at radius 2 is 2.07 bits per heavy atom. The first-order valence-electron chi connectivity index (χ1n) is 4.40. The average molecular weight is 194 g/mol. The molecule has 0 N–H and O–H groups in total. The van der Waals surface area contributed by atoms with Crippen LogP contribution in [0.5, 0.6) is 0 Å². The number of nitrogens with zero attached hydrogens (tertiary/aromatic N) is 2. The molecule has 0 fully saturated rings. The number of nitro benzene ring substituents is 1. The van der Waals surface area contributed by atoms with E-state index in [0.717, 1.165) is 11.1 Å². The van der Waals surface area contributed by atoms with Crippen LogP contribution in [-0.4, -0.2) is 23.9 Å². The molecule has 1 aromatic carbocycles. The van der Waals surface area contributed by atoms with Gasteiger partial charge >= 0.3 is 0 Å². The minimum Gasteiger partial charge on any atom is -0.305 e. The van der Waals surface area contributed by atoms with Crippen molar-refractivity contribution < 1.29 is 4.92 Å². The molecule has 76 valence electrons. The smallest absolute Gasteiger partial charge is 0.274 e. The highest BCUT2D eigenvalue weighted by Gasteiger charge is 2.15. The van der Waals surface area contributed by atoms with Gasteiger partial charge in [-0.15, -0.1) is 0 Å². The molecule has 0 saturated heterocycles. The summed E-state index contributed by atoms with van der Waals surface area (Å²) < 4.78 is 0. The summed E-state index contributed by atoms with van der Waals surface area (Å²) in [5.41, 5.74) is 1.97. The van der Waals surface area contributed by atoms with Crippen molar-refractivity contribution in [1.29, 1.82) is 0 Å². The second kappa shape index (κ2) is 4.19. The normalized spacial score (nSPS) is 10.6. The van der Waals surface area contributed by atoms with E-state index in [9.17, 15) is 10.1 Å². The Morgan fingerprint density at radius 3 is 2.57 bits per heavy atom. The maximum absolute atomic E-state index is 10.7. The fourth-order valence-electron chi connectivity index (χ4n) is 1.38. The van der Waals surface area contributed by atoms with Gasteiger partial charge in [-0.25, -0.2) is 0 Å². The van der Waals surface area contributed by atoms with Crippen molar-refractivity contribution in [1.82, 2.24) is 4.90 Å². The van der Waals surface area contributed by atoms with E-state index in [1.165, 1.54) is 0 Å². The number of rotatable bonds is 3. The lowest BCUT2D eigenvalue weighted by Gasteiger charge is -2.11. The number of aryl methyl sites for hydroxylation is 1. The Balaban J connectivity index is 3.15. The predicted octanol–water partition coefficient (Wildman–Crippen LogP) is 1.96. The highest BCUT2D eigenvalue weighted by Crippen LogP contribution is 2.22. The largest absolute Gasteiger partial charge is 0.305 e. The summed E-state index contributed by atoms with van der Waals surface area (Å²) in [6.07, 6.45) is 0. The minimum atomic E-state index is -0.328. The van der Waals surface area contributed by atoms with E-state index in [-0.39, 0.29) is 10.6 Å². The minimum absolute atomic E-state index is 0.207. The fourth-order valence-corrected chi connectivity index (χ4v) is 1.38. The van der Waals surface area contributed by atoms with Gasteiger partial charge in [0, 0.05) is 18.2 Å². The predicted molar refractivity (Wildman–Crippen MR) is 55.2 cm³/mol. The molecule has 0 heterocycles. The van der Waals surface area contributed by atoms with Crippen molar-refractivity contribution in [2.75, 3.05) is 14.1 Å². The summed E-state index contributed by atoms with van der Waals surface area (Å²) in [7, 11) is 3.80. The van der Waals surface area contributed by atoms with Crippen LogP contribution in [0.4, 0.5) is 5.69 Å². The van der Waals surface area contributed by atoms with E-state index in [1.807, 2.05) is 32.0 Å². The SMILES string of the molecule is Cc1cccc([N+](=O)[O-])c1CN(C)C. The van der Waals surface area contributed by atoms with Crippen LogP contribution in [0.15, 0.2) is 18.2 Å². The van der Waals surface area contributed by atoms with Gasteiger partial charge in [0.2, 0.25) is 0 Å². The zero-order valence-electron chi connectivity index (χ0n) is 8.65. The highest BCUT2D eigenvalue weighted by atomic mass is 16.6. The summed E-state index contributed by atoms with van der Waals surface area (Å²) in [5.74, 6) is 0. The van der Waals surface area contributed by atoms with Crippen LogP contribution in [-0.2, 0) is 6.54 Å². The lowest BCUT2D eigenvalue weighted by Crippen LogP contribution is -2.13. The molecule has 0 aliphatic heterocycles. The van der Waals surface area contributed by atoms with Crippen LogP contribution in [0.2, 0.25) is 0 Å². The molecule has 0 saturated carbocycles. The zero-order valence-corrected chi connectivity index (χ0v) is 8.65. The Bertz CT molecular complexity index is 348. The van der Waals surface area contributed by atoms with Crippen molar-refractivity contribution in [3.8, 4) is 0 Å². The molecule has 4 nitrogen and oxygen atoms in total. The molecule has 0 radical (unpaired) electrons. The van der Waals surface area contributed by atoms with Gasteiger partial charge in [-0.2, -0.15) is 0 Å². The number of nitro groups is 1. The molecule has 4 heteroatoms. The molecule has 0 bridgehead atoms. The van der Waals surface area contributed by atoms with Crippen molar-refractivity contribution >= 4 is 5.69 Å². The third-order valence-electron chi connectivity index (χ3n) is 2.06. The van der Waals surface area contributed by atoms with Crippen molar-refractivity contribution in [2.45, 2.75) is 13.5 Å². The standard InChI is InChI=1S/C10H14N2O2/c1-8-5-4-6-10(12(13)14)9(8)7-11(2)3/h4-6H,7H2,1-3H3. The van der Waals surface area contributed by atoms with Crippen LogP contribution in [0.25, 0.3) is 0 Å². The maximum Gasteiger partial charge on any atom is 0.274 e. The zero-order chi connectivity index (χ0) is 10.7. The quantitative estimate of drug-likeness (QED) is 0.546. The van der Waals surface area contributed by atoms with Crippen molar-refractivity contribution in [2.24, 2.45) is 0 Å². The summed E-state index contributed by atoms with van der Waals surface area (Å²) in [6, 6.07) is 5.16. The molecule has 0 aliphatic rings. The van der Waals surface area contributed by atoms with Crippen LogP contribution in [0, 0.1) is 17.0 Å². The van der Waals surface area contributed by atoms with Gasteiger partial charge in [-0.05, 0) is 26.6 Å². The fraction of sp³-hybridized carbons (Fsp3) is 0.400. The Hall–Kier alpha value is -1.42. The second-order valence-corrected chi connectivity index (χ2v) is 3.57. The van der Waals surface area contributed by atoms with Gasteiger partial charge in [-0.3, -0.25) is 10.1 Å². The molecular formula is C10H14N2O2. The first kappa shape index (κ1) is 10.7. The van der Waals surface area contributed by atoms with E-state index >= 15 is 0 Å². The molecule has 1 aromatic rings. The lowest BCUT2D eigenvalue weighted by atomic mass is 10.1. The Labute approximate surface area is 83.3 Å². The first-order chi connectivity index (χ1) is 6.52. The van der Waals surface area contributed by atoms with E-state index in [2.05, 4.69) is 0 Å². The average Bonchev–Trinajstić information content (AvgIpc) is 2.07. The van der Waals surface area contributed by atoms with E-state index in [1.54, 1.807) is 12.1 Å². The monoisotopic (exact) mass is 194 g/mol. The molecule has 0 atom stereocenters. The molecule has 14 heavy (non-hydrogen) atoms. The maximum atomic E-state index is 10.7. The van der Waals surface area contributed by atoms with Crippen molar-refractivity contribution in [3.05, 3.63) is 39.4 Å². The highest BCUT2D eigenvalue weighted by molar-refractivity contribution is 5.44. The molecule has 0 spiro atoms. The van der Waals surface area contributed by atoms with Crippen LogP contribution in [0.1, 0.15) is 11.1 Å². The summed E-state index contributed by atoms with van der Waals surface area (Å²) in [5, 5.41) is 10.7. The van der Waals surface area contributed by atoms with Crippen LogP contribution < -0.4 is 0 Å². The van der Waals surface area contributed by atoms with E-state index in [0.29, 0.717) is 6.54 Å². The molecule has 1 rings (SSSR count). The number of hydrogen-bond donors (Lipinski definition) is 0. The molecule has 0 unspecified atom stereocenters. The third kappa shape index (κ3) is 2.29. The van der Waals surface area contributed by atoms with Crippen LogP contribution >= 0.6 is 0 Å². The third-order valence-corrected chi connectivity index (χ3v) is 2.06. The van der Waals surface area contributed by atoms with Gasteiger partial charge in [0.1, 0.15) is 0 Å². The second-order valence-electron chi connectivity index (χ2n) is 3.57. The van der Waals surface area contributed by atoms with Gasteiger partial charge in [0.15, 0.2) is 0 Å². The molecule has 0 aromatic heterocycles. The van der Waals surface area contributed by atoms with Gasteiger partial charge in [0.05, 0.1) is 4.92 Å². The van der Waals surface area contributed by atoms with Crippen molar-refractivity contribution in [3.63, 3.8) is 0 Å². The molecular weight excluding hydrogens is 180 g/mol. The summed E-state index contributed by atoms with van der Waals surface area (Å²) in [4.78, 5) is 12.3. The number of hydrogen-bond acceptors (Lipinski definition) is 3. The molecule has 0 aliphatic carbocycles. The van der Waals surface area contributed by atoms with Gasteiger partial charge < -0.3 is 4.90 Å². The summed E-state index contributed by atoms with van der Waals surface area (Å²) >= 11 is 0. The number of benzene rings is 1. The topological polar surface area (TPSA) is 46.4 Å². The Kier molecular flexibility index (Phi) is 3.19. The summed E-state index contributed by atoms with van der Waals surface area (Å²) in [6.45, 7) is 2.49. The van der Waals surface area contributed by atoms with E-state index < -0.39 is 0 Å². The van der Waals surface area contributed by atoms with E-state index in [4.69, 9.17) is 0 Å². The molecule has 0 amide bonds.